The van der Waals surface area contributed by atoms with E-state index >= 15 is 0 Å². The van der Waals surface area contributed by atoms with Crippen LogP contribution in [0.25, 0.3) is 0 Å². The molecular weight excluding hydrogens is 261 g/mol. The van der Waals surface area contributed by atoms with Crippen molar-refractivity contribution in [2.24, 2.45) is 0 Å². The maximum atomic E-state index is 13.3. The molecule has 0 N–H and O–H groups in total. The number of nitriles is 1. The van der Waals surface area contributed by atoms with Gasteiger partial charge in [-0.2, -0.15) is 5.26 Å². The lowest BCUT2D eigenvalue weighted by molar-refractivity contribution is 0.592. The Morgan fingerprint density at radius 2 is 2.05 bits per heavy atom. The number of rotatable bonds is 3. The maximum absolute atomic E-state index is 13.3. The molecule has 0 aliphatic rings. The summed E-state index contributed by atoms with van der Waals surface area (Å²) in [5, 5.41) is 8.98. The van der Waals surface area contributed by atoms with E-state index in [2.05, 4.69) is 0 Å². The van der Waals surface area contributed by atoms with Gasteiger partial charge in [-0.05, 0) is 30.7 Å². The average molecular weight is 273 g/mol. The Balaban J connectivity index is 2.56. The summed E-state index contributed by atoms with van der Waals surface area (Å²) >= 11 is 0. The van der Waals surface area contributed by atoms with Crippen molar-refractivity contribution in [3.05, 3.63) is 68.2 Å². The molecule has 1 aromatic heterocycles. The third-order valence-electron chi connectivity index (χ3n) is 3.00. The Hall–Kier alpha value is -2.68. The number of nitrogens with zero attached hydrogens (tertiary/aromatic N) is 3. The molecule has 0 spiro atoms. The van der Waals surface area contributed by atoms with Crippen LogP contribution in [0.1, 0.15) is 18.1 Å². The first-order valence-electron chi connectivity index (χ1n) is 6.05. The summed E-state index contributed by atoms with van der Waals surface area (Å²) in [6.07, 6.45) is 1.41. The first-order valence-corrected chi connectivity index (χ1v) is 6.05. The Labute approximate surface area is 114 Å². The highest BCUT2D eigenvalue weighted by molar-refractivity contribution is 5.37. The average Bonchev–Trinajstić information content (AvgIpc) is 2.44. The second kappa shape index (κ2) is 5.53. The second-order valence-corrected chi connectivity index (χ2v) is 4.22. The third-order valence-corrected chi connectivity index (χ3v) is 3.00. The van der Waals surface area contributed by atoms with Crippen LogP contribution in [-0.4, -0.2) is 9.13 Å². The van der Waals surface area contributed by atoms with Crippen molar-refractivity contribution in [2.75, 3.05) is 0 Å². The highest BCUT2D eigenvalue weighted by Gasteiger charge is 2.09. The zero-order valence-corrected chi connectivity index (χ0v) is 10.8. The molecule has 20 heavy (non-hydrogen) atoms. The maximum Gasteiger partial charge on any atom is 0.331 e. The third kappa shape index (κ3) is 2.52. The number of benzene rings is 1. The molecule has 102 valence electrons. The standard InChI is InChI=1S/C14H12FN3O2/c1-2-17-6-5-13(19)18(14(17)20)9-11-7-12(15)4-3-10(11)8-16/h3-7H,2,9H2,1H3. The molecule has 5 nitrogen and oxygen atoms in total. The lowest BCUT2D eigenvalue weighted by Gasteiger charge is -2.09. The smallest absolute Gasteiger partial charge is 0.301 e. The molecule has 0 saturated carbocycles. The molecule has 6 heteroatoms. The second-order valence-electron chi connectivity index (χ2n) is 4.22. The molecule has 0 bridgehead atoms. The summed E-state index contributed by atoms with van der Waals surface area (Å²) < 4.78 is 15.6. The molecule has 0 radical (unpaired) electrons. The molecule has 1 heterocycles. The largest absolute Gasteiger partial charge is 0.331 e. The van der Waals surface area contributed by atoms with E-state index in [1.165, 1.54) is 29.0 Å². The Morgan fingerprint density at radius 1 is 1.30 bits per heavy atom. The molecular formula is C14H12FN3O2. The normalized spacial score (nSPS) is 10.2. The van der Waals surface area contributed by atoms with Crippen LogP contribution in [0.3, 0.4) is 0 Å². The molecule has 0 unspecified atom stereocenters. The summed E-state index contributed by atoms with van der Waals surface area (Å²) in [5.41, 5.74) is -0.411. The van der Waals surface area contributed by atoms with Crippen LogP contribution in [0.4, 0.5) is 4.39 Å². The molecule has 0 aliphatic carbocycles. The fourth-order valence-corrected chi connectivity index (χ4v) is 1.92. The van der Waals surface area contributed by atoms with Crippen molar-refractivity contribution in [3.63, 3.8) is 0 Å². The molecule has 1 aromatic carbocycles. The molecule has 0 amide bonds. The van der Waals surface area contributed by atoms with Crippen LogP contribution in [0.5, 0.6) is 0 Å². The number of halogens is 1. The first-order chi connectivity index (χ1) is 9.56. The monoisotopic (exact) mass is 273 g/mol. The van der Waals surface area contributed by atoms with Crippen LogP contribution >= 0.6 is 0 Å². The quantitative estimate of drug-likeness (QED) is 0.840. The van der Waals surface area contributed by atoms with Gasteiger partial charge >= 0.3 is 5.69 Å². The summed E-state index contributed by atoms with van der Waals surface area (Å²) in [7, 11) is 0. The van der Waals surface area contributed by atoms with Gasteiger partial charge in [0, 0.05) is 18.8 Å². The van der Waals surface area contributed by atoms with Crippen molar-refractivity contribution in [3.8, 4) is 6.07 Å². The fourth-order valence-electron chi connectivity index (χ4n) is 1.92. The van der Waals surface area contributed by atoms with E-state index in [1.54, 1.807) is 6.92 Å². The fraction of sp³-hybridized carbons (Fsp3) is 0.214. The molecule has 0 atom stereocenters. The first kappa shape index (κ1) is 13.7. The molecule has 2 rings (SSSR count). The van der Waals surface area contributed by atoms with Crippen molar-refractivity contribution in [1.82, 2.24) is 9.13 Å². The van der Waals surface area contributed by atoms with E-state index in [4.69, 9.17) is 5.26 Å². The van der Waals surface area contributed by atoms with Crippen LogP contribution in [0.15, 0.2) is 40.1 Å². The van der Waals surface area contributed by atoms with Gasteiger partial charge in [-0.15, -0.1) is 0 Å². The van der Waals surface area contributed by atoms with Gasteiger partial charge in [0.2, 0.25) is 0 Å². The van der Waals surface area contributed by atoms with Crippen molar-refractivity contribution < 1.29 is 4.39 Å². The zero-order chi connectivity index (χ0) is 14.7. The van der Waals surface area contributed by atoms with Gasteiger partial charge in [0.1, 0.15) is 5.82 Å². The molecule has 0 saturated heterocycles. The topological polar surface area (TPSA) is 67.8 Å². The van der Waals surface area contributed by atoms with E-state index in [-0.39, 0.29) is 12.1 Å². The molecule has 0 aliphatic heterocycles. The van der Waals surface area contributed by atoms with E-state index < -0.39 is 17.1 Å². The highest BCUT2D eigenvalue weighted by Crippen LogP contribution is 2.10. The summed E-state index contributed by atoms with van der Waals surface area (Å²) in [6.45, 7) is 2.08. The Bertz CT molecular complexity index is 799. The minimum atomic E-state index is -0.515. The van der Waals surface area contributed by atoms with Crippen molar-refractivity contribution in [2.45, 2.75) is 20.0 Å². The minimum absolute atomic E-state index is 0.126. The van der Waals surface area contributed by atoms with Crippen LogP contribution in [-0.2, 0) is 13.1 Å². The van der Waals surface area contributed by atoms with Gasteiger partial charge in [0.05, 0.1) is 18.2 Å². The van der Waals surface area contributed by atoms with E-state index in [0.29, 0.717) is 12.1 Å². The van der Waals surface area contributed by atoms with E-state index in [0.717, 1.165) is 10.6 Å². The summed E-state index contributed by atoms with van der Waals surface area (Å²) in [4.78, 5) is 23.8. The van der Waals surface area contributed by atoms with Crippen LogP contribution < -0.4 is 11.2 Å². The lowest BCUT2D eigenvalue weighted by atomic mass is 10.1. The van der Waals surface area contributed by atoms with Gasteiger partial charge in [-0.1, -0.05) is 0 Å². The van der Waals surface area contributed by atoms with Crippen molar-refractivity contribution in [1.29, 1.82) is 5.26 Å². The number of hydrogen-bond donors (Lipinski definition) is 0. The van der Waals surface area contributed by atoms with Crippen LogP contribution in [0, 0.1) is 17.1 Å². The molecule has 0 fully saturated rings. The Morgan fingerprint density at radius 3 is 2.70 bits per heavy atom. The predicted molar refractivity (Wildman–Crippen MR) is 70.9 cm³/mol. The van der Waals surface area contributed by atoms with Gasteiger partial charge in [-0.25, -0.2) is 9.18 Å². The van der Waals surface area contributed by atoms with Gasteiger partial charge in [-0.3, -0.25) is 9.36 Å². The van der Waals surface area contributed by atoms with Gasteiger partial charge < -0.3 is 4.57 Å². The van der Waals surface area contributed by atoms with Gasteiger partial charge in [0.25, 0.3) is 5.56 Å². The number of hydrogen-bond acceptors (Lipinski definition) is 3. The number of aromatic nitrogens is 2. The van der Waals surface area contributed by atoms with E-state index in [9.17, 15) is 14.0 Å². The van der Waals surface area contributed by atoms with Crippen molar-refractivity contribution >= 4 is 0 Å². The lowest BCUT2D eigenvalue weighted by Crippen LogP contribution is -2.39. The predicted octanol–water partition coefficient (Wildman–Crippen LogP) is 1.09. The highest BCUT2D eigenvalue weighted by atomic mass is 19.1. The Kier molecular flexibility index (Phi) is 3.80. The minimum Gasteiger partial charge on any atom is -0.301 e. The number of aryl methyl sites for hydroxylation is 1. The summed E-state index contributed by atoms with van der Waals surface area (Å²) in [5.74, 6) is -0.515. The van der Waals surface area contributed by atoms with Gasteiger partial charge in [0.15, 0.2) is 0 Å². The molecule has 2 aromatic rings. The zero-order valence-electron chi connectivity index (χ0n) is 10.8. The van der Waals surface area contributed by atoms with E-state index in [1.807, 2.05) is 6.07 Å². The van der Waals surface area contributed by atoms with Crippen LogP contribution in [0.2, 0.25) is 0 Å². The summed E-state index contributed by atoms with van der Waals surface area (Å²) in [6, 6.07) is 6.85. The SMILES string of the molecule is CCn1ccc(=O)n(Cc2cc(F)ccc2C#N)c1=O.